The Bertz CT molecular complexity index is 956. The van der Waals surface area contributed by atoms with Gasteiger partial charge in [-0.3, -0.25) is 0 Å². The maximum atomic E-state index is 4.66. The van der Waals surface area contributed by atoms with E-state index in [9.17, 15) is 0 Å². The van der Waals surface area contributed by atoms with Crippen LogP contribution < -0.4 is 9.80 Å². The van der Waals surface area contributed by atoms with Crippen LogP contribution in [0.15, 0.2) is 24.4 Å². The fourth-order valence-electron chi connectivity index (χ4n) is 3.39. The van der Waals surface area contributed by atoms with Crippen molar-refractivity contribution in [3.05, 3.63) is 47.3 Å². The third kappa shape index (κ3) is 3.60. The molecule has 0 amide bonds. The largest absolute Gasteiger partial charge is 0.353 e. The van der Waals surface area contributed by atoms with Gasteiger partial charge >= 0.3 is 0 Å². The Labute approximate surface area is 158 Å². The Morgan fingerprint density at radius 1 is 0.778 bits per heavy atom. The van der Waals surface area contributed by atoms with Gasteiger partial charge in [0.05, 0.1) is 5.69 Å². The summed E-state index contributed by atoms with van der Waals surface area (Å²) in [6.45, 7) is 11.4. The molecule has 4 rings (SSSR count). The number of hydrogen-bond donors (Lipinski definition) is 0. The number of aromatic nitrogens is 6. The van der Waals surface area contributed by atoms with Crippen molar-refractivity contribution in [2.24, 2.45) is 0 Å². The Hall–Kier alpha value is -3.03. The summed E-state index contributed by atoms with van der Waals surface area (Å²) in [5.74, 6) is 3.30. The van der Waals surface area contributed by atoms with Crippen LogP contribution in [0.1, 0.15) is 22.9 Å². The molecule has 27 heavy (non-hydrogen) atoms. The highest BCUT2D eigenvalue weighted by Crippen LogP contribution is 2.20. The third-order valence-corrected chi connectivity index (χ3v) is 4.71. The molecule has 1 aliphatic rings. The average Bonchev–Trinajstić information content (AvgIpc) is 2.99. The van der Waals surface area contributed by atoms with Gasteiger partial charge in [-0.1, -0.05) is 0 Å². The SMILES string of the molecule is Cc1ccnc(N2CCN(c3cc(-n4nc(C)cc4C)nc(C)n3)CC2)n1. The summed E-state index contributed by atoms with van der Waals surface area (Å²) in [5, 5.41) is 4.55. The van der Waals surface area contributed by atoms with Crippen molar-refractivity contribution in [3.63, 3.8) is 0 Å². The second-order valence-corrected chi connectivity index (χ2v) is 6.94. The molecule has 0 aliphatic carbocycles. The van der Waals surface area contributed by atoms with E-state index < -0.39 is 0 Å². The smallest absolute Gasteiger partial charge is 0.225 e. The van der Waals surface area contributed by atoms with Gasteiger partial charge < -0.3 is 9.80 Å². The molecule has 0 unspecified atom stereocenters. The van der Waals surface area contributed by atoms with Gasteiger partial charge in [-0.05, 0) is 39.8 Å². The highest BCUT2D eigenvalue weighted by molar-refractivity contribution is 5.47. The molecule has 0 atom stereocenters. The molecular weight excluding hydrogens is 340 g/mol. The van der Waals surface area contributed by atoms with Crippen molar-refractivity contribution < 1.29 is 0 Å². The van der Waals surface area contributed by atoms with E-state index in [-0.39, 0.29) is 0 Å². The van der Waals surface area contributed by atoms with Crippen molar-refractivity contribution in [3.8, 4) is 5.82 Å². The summed E-state index contributed by atoms with van der Waals surface area (Å²) in [4.78, 5) is 22.7. The molecule has 4 heterocycles. The van der Waals surface area contributed by atoms with Crippen LogP contribution in [0.4, 0.5) is 11.8 Å². The van der Waals surface area contributed by atoms with Gasteiger partial charge in [0.15, 0.2) is 5.82 Å². The first kappa shape index (κ1) is 17.4. The molecule has 8 nitrogen and oxygen atoms in total. The Kier molecular flexibility index (Phi) is 4.47. The molecule has 3 aromatic rings. The molecule has 1 fully saturated rings. The molecule has 3 aromatic heterocycles. The minimum Gasteiger partial charge on any atom is -0.353 e. The van der Waals surface area contributed by atoms with Gasteiger partial charge in [-0.2, -0.15) is 5.10 Å². The lowest BCUT2D eigenvalue weighted by molar-refractivity contribution is 0.631. The van der Waals surface area contributed by atoms with Crippen LogP contribution >= 0.6 is 0 Å². The molecule has 0 aromatic carbocycles. The third-order valence-electron chi connectivity index (χ3n) is 4.71. The lowest BCUT2D eigenvalue weighted by Gasteiger charge is -2.35. The van der Waals surface area contributed by atoms with E-state index in [0.717, 1.165) is 66.7 Å². The van der Waals surface area contributed by atoms with Gasteiger partial charge in [-0.15, -0.1) is 0 Å². The fraction of sp³-hybridized carbons (Fsp3) is 0.421. The van der Waals surface area contributed by atoms with E-state index in [2.05, 4.69) is 40.9 Å². The Morgan fingerprint density at radius 2 is 1.48 bits per heavy atom. The summed E-state index contributed by atoms with van der Waals surface area (Å²) >= 11 is 0. The minimum atomic E-state index is 0.750. The predicted octanol–water partition coefficient (Wildman–Crippen LogP) is 2.01. The maximum Gasteiger partial charge on any atom is 0.225 e. The molecule has 1 saturated heterocycles. The van der Waals surface area contributed by atoms with Crippen molar-refractivity contribution in [2.45, 2.75) is 27.7 Å². The highest BCUT2D eigenvalue weighted by Gasteiger charge is 2.21. The van der Waals surface area contributed by atoms with Gasteiger partial charge in [-0.25, -0.2) is 24.6 Å². The molecule has 0 bridgehead atoms. The number of hydrogen-bond acceptors (Lipinski definition) is 7. The van der Waals surface area contributed by atoms with Gasteiger partial charge in [0.2, 0.25) is 5.95 Å². The summed E-state index contributed by atoms with van der Waals surface area (Å²) in [6, 6.07) is 5.99. The standard InChI is InChI=1S/C19H24N8/c1-13-5-6-20-19(21-13)26-9-7-25(8-10-26)17-12-18(23-16(4)22-17)27-15(3)11-14(2)24-27/h5-6,11-12H,7-10H2,1-4H3. The number of rotatable bonds is 3. The lowest BCUT2D eigenvalue weighted by atomic mass is 10.3. The van der Waals surface area contributed by atoms with Crippen LogP contribution in [0.5, 0.6) is 0 Å². The molecule has 1 aliphatic heterocycles. The van der Waals surface area contributed by atoms with Gasteiger partial charge in [0.25, 0.3) is 0 Å². The minimum absolute atomic E-state index is 0.750. The van der Waals surface area contributed by atoms with Crippen LogP contribution in [-0.4, -0.2) is 55.9 Å². The van der Waals surface area contributed by atoms with E-state index in [1.807, 2.05) is 50.7 Å². The summed E-state index contributed by atoms with van der Waals surface area (Å²) in [6.07, 6.45) is 1.82. The zero-order valence-corrected chi connectivity index (χ0v) is 16.2. The van der Waals surface area contributed by atoms with Crippen LogP contribution in [0.2, 0.25) is 0 Å². The topological polar surface area (TPSA) is 75.9 Å². The zero-order valence-electron chi connectivity index (χ0n) is 16.2. The van der Waals surface area contributed by atoms with E-state index in [4.69, 9.17) is 0 Å². The predicted molar refractivity (Wildman–Crippen MR) is 105 cm³/mol. The van der Waals surface area contributed by atoms with E-state index in [0.29, 0.717) is 0 Å². The number of nitrogens with zero attached hydrogens (tertiary/aromatic N) is 8. The van der Waals surface area contributed by atoms with Crippen LogP contribution in [0.25, 0.3) is 5.82 Å². The Morgan fingerprint density at radius 3 is 2.15 bits per heavy atom. The van der Waals surface area contributed by atoms with E-state index in [1.54, 1.807) is 0 Å². The number of piperazine rings is 1. The van der Waals surface area contributed by atoms with Gasteiger partial charge in [0.1, 0.15) is 11.6 Å². The van der Waals surface area contributed by atoms with Crippen molar-refractivity contribution in [2.75, 3.05) is 36.0 Å². The Balaban J connectivity index is 1.54. The lowest BCUT2D eigenvalue weighted by Crippen LogP contribution is -2.47. The second-order valence-electron chi connectivity index (χ2n) is 6.94. The first-order chi connectivity index (χ1) is 13.0. The van der Waals surface area contributed by atoms with Crippen molar-refractivity contribution >= 4 is 11.8 Å². The number of anilines is 2. The molecule has 0 spiro atoms. The highest BCUT2D eigenvalue weighted by atomic mass is 15.4. The second kappa shape index (κ2) is 6.94. The zero-order chi connectivity index (χ0) is 19.0. The quantitative estimate of drug-likeness (QED) is 0.704. The number of aryl methyl sites for hydroxylation is 4. The first-order valence-electron chi connectivity index (χ1n) is 9.18. The summed E-state index contributed by atoms with van der Waals surface area (Å²) in [7, 11) is 0. The van der Waals surface area contributed by atoms with Crippen LogP contribution in [0.3, 0.4) is 0 Å². The van der Waals surface area contributed by atoms with Crippen molar-refractivity contribution in [1.29, 1.82) is 0 Å². The normalized spacial score (nSPS) is 14.7. The van der Waals surface area contributed by atoms with E-state index in [1.165, 1.54) is 0 Å². The molecule has 8 heteroatoms. The monoisotopic (exact) mass is 364 g/mol. The van der Waals surface area contributed by atoms with Gasteiger partial charge in [0, 0.05) is 49.8 Å². The average molecular weight is 364 g/mol. The molecule has 0 radical (unpaired) electrons. The van der Waals surface area contributed by atoms with Crippen LogP contribution in [0, 0.1) is 27.7 Å². The molecule has 0 N–H and O–H groups in total. The fourth-order valence-corrected chi connectivity index (χ4v) is 3.39. The van der Waals surface area contributed by atoms with Crippen LogP contribution in [-0.2, 0) is 0 Å². The van der Waals surface area contributed by atoms with E-state index >= 15 is 0 Å². The molecule has 0 saturated carbocycles. The summed E-state index contributed by atoms with van der Waals surface area (Å²) < 4.78 is 1.88. The first-order valence-corrected chi connectivity index (χ1v) is 9.18. The maximum absolute atomic E-state index is 4.66. The summed E-state index contributed by atoms with van der Waals surface area (Å²) in [5.41, 5.74) is 3.04. The van der Waals surface area contributed by atoms with Crippen molar-refractivity contribution in [1.82, 2.24) is 29.7 Å². The molecule has 140 valence electrons. The molecular formula is C19H24N8.